The predicted octanol–water partition coefficient (Wildman–Crippen LogP) is 3.57. The number of thioether (sulfide) groups is 1. The summed E-state index contributed by atoms with van der Waals surface area (Å²) in [5.74, 6) is -0.158. The molecule has 1 aromatic carbocycles. The van der Waals surface area contributed by atoms with Gasteiger partial charge in [0.25, 0.3) is 5.91 Å². The number of nitrogens with zero attached hydrogens (tertiary/aromatic N) is 3. The van der Waals surface area contributed by atoms with E-state index in [-0.39, 0.29) is 11.5 Å². The van der Waals surface area contributed by atoms with Crippen LogP contribution in [0.25, 0.3) is 6.08 Å². The highest BCUT2D eigenvalue weighted by molar-refractivity contribution is 8.18. The van der Waals surface area contributed by atoms with Gasteiger partial charge in [0, 0.05) is 25.5 Å². The van der Waals surface area contributed by atoms with Crippen LogP contribution in [0.4, 0.5) is 0 Å². The molecular weight excluding hydrogens is 358 g/mol. The van der Waals surface area contributed by atoms with Crippen LogP contribution in [0.1, 0.15) is 29.5 Å². The van der Waals surface area contributed by atoms with Gasteiger partial charge in [0.05, 0.1) is 17.1 Å². The van der Waals surface area contributed by atoms with Crippen LogP contribution in [-0.4, -0.2) is 34.0 Å². The molecule has 0 bridgehead atoms. The first-order valence-electron chi connectivity index (χ1n) is 9.13. The zero-order chi connectivity index (χ0) is 18.3. The van der Waals surface area contributed by atoms with Crippen molar-refractivity contribution >= 4 is 28.9 Å². The van der Waals surface area contributed by atoms with Crippen LogP contribution < -0.4 is 0 Å². The number of fused-ring (bicyclic) bond motifs is 2. The predicted molar refractivity (Wildman–Crippen MR) is 106 cm³/mol. The lowest BCUT2D eigenvalue weighted by Gasteiger charge is -2.39. The van der Waals surface area contributed by atoms with E-state index in [1.807, 2.05) is 18.2 Å². The number of aromatic nitrogens is 1. The minimum atomic E-state index is -0.170. The molecule has 5 rings (SSSR count). The Morgan fingerprint density at radius 3 is 2.70 bits per heavy atom. The molecule has 3 aliphatic heterocycles. The molecular formula is C21H19N3O2S. The second-order valence-electron chi connectivity index (χ2n) is 7.02. The second kappa shape index (κ2) is 6.62. The molecule has 1 saturated heterocycles. The number of hydrogen-bond donors (Lipinski definition) is 0. The van der Waals surface area contributed by atoms with Crippen LogP contribution >= 0.6 is 11.8 Å². The molecule has 0 radical (unpaired) electrons. The first kappa shape index (κ1) is 16.7. The van der Waals surface area contributed by atoms with Crippen molar-refractivity contribution in [2.24, 2.45) is 4.99 Å². The molecule has 136 valence electrons. The van der Waals surface area contributed by atoms with Crippen LogP contribution in [0.5, 0.6) is 0 Å². The number of likely N-dealkylation sites (tertiary alicyclic amines) is 1. The number of rotatable bonds is 1. The van der Waals surface area contributed by atoms with Gasteiger partial charge in [-0.1, -0.05) is 24.3 Å². The largest absolute Gasteiger partial charge is 0.365 e. The molecule has 5 nitrogen and oxygen atoms in total. The fourth-order valence-electron chi connectivity index (χ4n) is 4.00. The zero-order valence-corrected chi connectivity index (χ0v) is 15.6. The van der Waals surface area contributed by atoms with Gasteiger partial charge in [-0.15, -0.1) is 0 Å². The Hall–Kier alpha value is -2.44. The number of aliphatic imine (C=N–C) groups is 1. The van der Waals surface area contributed by atoms with E-state index in [4.69, 9.17) is 4.74 Å². The van der Waals surface area contributed by atoms with Crippen molar-refractivity contribution in [3.8, 4) is 0 Å². The van der Waals surface area contributed by atoms with E-state index in [0.29, 0.717) is 11.5 Å². The summed E-state index contributed by atoms with van der Waals surface area (Å²) in [5.41, 5.74) is 3.43. The molecule has 0 aliphatic carbocycles. The number of amidine groups is 1. The van der Waals surface area contributed by atoms with E-state index < -0.39 is 0 Å². The van der Waals surface area contributed by atoms with Crippen molar-refractivity contribution < 1.29 is 9.53 Å². The van der Waals surface area contributed by atoms with Gasteiger partial charge in [0.2, 0.25) is 0 Å². The van der Waals surface area contributed by atoms with E-state index >= 15 is 0 Å². The normalized spacial score (nSPS) is 22.4. The number of ether oxygens (including phenoxy) is 1. The minimum absolute atomic E-state index is 0.158. The SMILES string of the molecule is O=C1N=C(N2CCC3(CC2)OCc2ccccc23)S/C1=C\c1ccncc1. The van der Waals surface area contributed by atoms with Crippen molar-refractivity contribution in [1.29, 1.82) is 0 Å². The fourth-order valence-corrected chi connectivity index (χ4v) is 4.97. The van der Waals surface area contributed by atoms with E-state index in [2.05, 4.69) is 39.1 Å². The molecule has 27 heavy (non-hydrogen) atoms. The van der Waals surface area contributed by atoms with Crippen LogP contribution in [0.3, 0.4) is 0 Å². The van der Waals surface area contributed by atoms with Crippen molar-refractivity contribution in [1.82, 2.24) is 9.88 Å². The summed E-state index contributed by atoms with van der Waals surface area (Å²) in [6.45, 7) is 2.38. The first-order chi connectivity index (χ1) is 13.2. The van der Waals surface area contributed by atoms with Gasteiger partial charge >= 0.3 is 0 Å². The lowest BCUT2D eigenvalue weighted by molar-refractivity contribution is -0.113. The first-order valence-corrected chi connectivity index (χ1v) is 9.95. The molecule has 6 heteroatoms. The third-order valence-corrected chi connectivity index (χ3v) is 6.51. The molecule has 1 aromatic heterocycles. The van der Waals surface area contributed by atoms with Crippen LogP contribution in [0.2, 0.25) is 0 Å². The molecule has 2 aromatic rings. The summed E-state index contributed by atoms with van der Waals surface area (Å²) in [6, 6.07) is 12.3. The molecule has 1 spiro atoms. The number of piperidine rings is 1. The van der Waals surface area contributed by atoms with Crippen molar-refractivity contribution in [3.05, 3.63) is 70.4 Å². The molecule has 0 saturated carbocycles. The third-order valence-electron chi connectivity index (χ3n) is 5.47. The van der Waals surface area contributed by atoms with Crippen molar-refractivity contribution in [3.63, 3.8) is 0 Å². The van der Waals surface area contributed by atoms with Gasteiger partial charge in [0.15, 0.2) is 5.17 Å². The maximum Gasteiger partial charge on any atom is 0.286 e. The highest BCUT2D eigenvalue weighted by Crippen LogP contribution is 2.45. The van der Waals surface area contributed by atoms with Gasteiger partial charge in [-0.3, -0.25) is 9.78 Å². The third kappa shape index (κ3) is 2.99. The number of amides is 1. The molecule has 0 N–H and O–H groups in total. The lowest BCUT2D eigenvalue weighted by atomic mass is 9.84. The summed E-state index contributed by atoms with van der Waals surface area (Å²) < 4.78 is 6.23. The lowest BCUT2D eigenvalue weighted by Crippen LogP contribution is -2.44. The molecule has 0 atom stereocenters. The second-order valence-corrected chi connectivity index (χ2v) is 8.03. The quantitative estimate of drug-likeness (QED) is 0.711. The average molecular weight is 377 g/mol. The average Bonchev–Trinajstić information content (AvgIpc) is 3.25. The number of benzene rings is 1. The van der Waals surface area contributed by atoms with Crippen LogP contribution in [0.15, 0.2) is 58.7 Å². The minimum Gasteiger partial charge on any atom is -0.365 e. The van der Waals surface area contributed by atoms with E-state index in [1.165, 1.54) is 22.9 Å². The molecule has 0 unspecified atom stereocenters. The maximum atomic E-state index is 12.3. The number of carbonyl (C=O) groups excluding carboxylic acids is 1. The Morgan fingerprint density at radius 1 is 1.11 bits per heavy atom. The monoisotopic (exact) mass is 377 g/mol. The topological polar surface area (TPSA) is 54.8 Å². The van der Waals surface area contributed by atoms with Gasteiger partial charge in [-0.05, 0) is 59.5 Å². The summed E-state index contributed by atoms with van der Waals surface area (Å²) in [4.78, 5) is 23.5. The van der Waals surface area contributed by atoms with Gasteiger partial charge in [0.1, 0.15) is 0 Å². The Kier molecular flexibility index (Phi) is 4.10. The van der Waals surface area contributed by atoms with Gasteiger partial charge in [-0.25, -0.2) is 0 Å². The Morgan fingerprint density at radius 2 is 1.89 bits per heavy atom. The number of carbonyl (C=O) groups is 1. The van der Waals surface area contributed by atoms with E-state index in [9.17, 15) is 4.79 Å². The van der Waals surface area contributed by atoms with Crippen molar-refractivity contribution in [2.45, 2.75) is 25.0 Å². The standard InChI is InChI=1S/C21H19N3O2S/c25-19-18(13-15-5-9-22-10-6-15)27-20(23-19)24-11-7-21(8-12-24)17-4-2-1-3-16(17)14-26-21/h1-6,9-10,13H,7-8,11-12,14H2/b18-13-. The Balaban J connectivity index is 1.29. The van der Waals surface area contributed by atoms with E-state index in [1.54, 1.807) is 12.4 Å². The number of hydrogen-bond acceptors (Lipinski definition) is 5. The molecule has 1 fully saturated rings. The summed E-state index contributed by atoms with van der Waals surface area (Å²) in [7, 11) is 0. The summed E-state index contributed by atoms with van der Waals surface area (Å²) >= 11 is 1.46. The van der Waals surface area contributed by atoms with Crippen molar-refractivity contribution in [2.75, 3.05) is 13.1 Å². The number of pyridine rings is 1. The van der Waals surface area contributed by atoms with Crippen LogP contribution in [0, 0.1) is 0 Å². The Bertz CT molecular complexity index is 947. The highest BCUT2D eigenvalue weighted by Gasteiger charge is 2.43. The summed E-state index contributed by atoms with van der Waals surface area (Å²) in [5, 5.41) is 0.807. The van der Waals surface area contributed by atoms with Gasteiger partial charge in [-0.2, -0.15) is 4.99 Å². The maximum absolute atomic E-state index is 12.3. The van der Waals surface area contributed by atoms with Gasteiger partial charge < -0.3 is 9.64 Å². The Labute approximate surface area is 162 Å². The molecule has 3 aliphatic rings. The molecule has 1 amide bonds. The smallest absolute Gasteiger partial charge is 0.286 e. The highest BCUT2D eigenvalue weighted by atomic mass is 32.2. The fraction of sp³-hybridized carbons (Fsp3) is 0.286. The van der Waals surface area contributed by atoms with Crippen LogP contribution in [-0.2, 0) is 21.7 Å². The zero-order valence-electron chi connectivity index (χ0n) is 14.8. The molecule has 4 heterocycles. The van der Waals surface area contributed by atoms with E-state index in [0.717, 1.165) is 36.7 Å². The summed E-state index contributed by atoms with van der Waals surface area (Å²) in [6.07, 6.45) is 7.17.